The highest BCUT2D eigenvalue weighted by molar-refractivity contribution is 5.78. The fourth-order valence-corrected chi connectivity index (χ4v) is 1.00. The van der Waals surface area contributed by atoms with E-state index < -0.39 is 41.9 Å². The van der Waals surface area contributed by atoms with Crippen LogP contribution in [0.15, 0.2) is 18.2 Å². The van der Waals surface area contributed by atoms with Crippen LogP contribution in [0.3, 0.4) is 0 Å². The van der Waals surface area contributed by atoms with E-state index in [0.29, 0.717) is 18.2 Å². The number of carbonyl (C=O) groups excluding carboxylic acids is 1. The van der Waals surface area contributed by atoms with Crippen molar-refractivity contribution in [3.05, 3.63) is 35.4 Å². The van der Waals surface area contributed by atoms with E-state index >= 15 is 0 Å². The standard InChI is InChI=1S/C10H5F7O2/c11-6-1-2-7(12)5(3-6)4-19-8(18)9(13,14)10(15,16)17/h1-3H,4H2. The molecular weight excluding hydrogens is 285 g/mol. The van der Waals surface area contributed by atoms with Crippen molar-refractivity contribution in [2.75, 3.05) is 0 Å². The van der Waals surface area contributed by atoms with Gasteiger partial charge in [-0.1, -0.05) is 0 Å². The highest BCUT2D eigenvalue weighted by atomic mass is 19.4. The number of esters is 1. The fraction of sp³-hybridized carbons (Fsp3) is 0.300. The number of carbonyl (C=O) groups is 1. The van der Waals surface area contributed by atoms with Gasteiger partial charge in [0.2, 0.25) is 0 Å². The van der Waals surface area contributed by atoms with Gasteiger partial charge in [-0.25, -0.2) is 13.6 Å². The Hall–Kier alpha value is -1.80. The topological polar surface area (TPSA) is 26.3 Å². The molecular formula is C10H5F7O2. The third-order valence-corrected chi connectivity index (χ3v) is 1.98. The van der Waals surface area contributed by atoms with Crippen LogP contribution in [0.1, 0.15) is 5.56 Å². The number of halogens is 7. The minimum atomic E-state index is -6.12. The predicted octanol–water partition coefficient (Wildman–Crippen LogP) is 3.21. The van der Waals surface area contributed by atoms with Gasteiger partial charge in [0, 0.05) is 5.56 Å². The molecule has 0 radical (unpaired) electrons. The summed E-state index contributed by atoms with van der Waals surface area (Å²) < 4.78 is 89.5. The Morgan fingerprint density at radius 3 is 2.21 bits per heavy atom. The molecule has 0 aliphatic heterocycles. The number of ether oxygens (including phenoxy) is 1. The van der Waals surface area contributed by atoms with Crippen LogP contribution in [-0.4, -0.2) is 18.1 Å². The molecule has 0 unspecified atom stereocenters. The smallest absolute Gasteiger partial charge is 0.456 e. The Morgan fingerprint density at radius 2 is 1.68 bits per heavy atom. The first-order valence-electron chi connectivity index (χ1n) is 4.61. The Balaban J connectivity index is 2.77. The summed E-state index contributed by atoms with van der Waals surface area (Å²) in [5.74, 6) is -10.7. The van der Waals surface area contributed by atoms with Crippen molar-refractivity contribution in [1.29, 1.82) is 0 Å². The van der Waals surface area contributed by atoms with Crippen LogP contribution in [-0.2, 0) is 16.1 Å². The van der Waals surface area contributed by atoms with E-state index in [0.717, 1.165) is 0 Å². The van der Waals surface area contributed by atoms with Gasteiger partial charge in [-0.3, -0.25) is 0 Å². The lowest BCUT2D eigenvalue weighted by Crippen LogP contribution is -2.45. The molecule has 0 amide bonds. The zero-order valence-corrected chi connectivity index (χ0v) is 8.90. The maximum atomic E-state index is 13.0. The molecule has 0 saturated heterocycles. The molecule has 0 aromatic heterocycles. The van der Waals surface area contributed by atoms with E-state index in [9.17, 15) is 35.5 Å². The molecule has 0 bridgehead atoms. The predicted molar refractivity (Wildman–Crippen MR) is 47.2 cm³/mol. The van der Waals surface area contributed by atoms with Crippen LogP contribution in [0, 0.1) is 11.6 Å². The van der Waals surface area contributed by atoms with Gasteiger partial charge in [-0.2, -0.15) is 22.0 Å². The highest BCUT2D eigenvalue weighted by Gasteiger charge is 2.64. The summed E-state index contributed by atoms with van der Waals surface area (Å²) in [6.07, 6.45) is -6.12. The van der Waals surface area contributed by atoms with Gasteiger partial charge >= 0.3 is 18.1 Å². The van der Waals surface area contributed by atoms with Crippen LogP contribution in [0.4, 0.5) is 30.7 Å². The molecule has 19 heavy (non-hydrogen) atoms. The van der Waals surface area contributed by atoms with Gasteiger partial charge in [0.1, 0.15) is 18.2 Å². The second kappa shape index (κ2) is 5.06. The Labute approximate surface area is 101 Å². The molecule has 1 aromatic rings. The number of benzene rings is 1. The molecule has 0 aliphatic carbocycles. The summed E-state index contributed by atoms with van der Waals surface area (Å²) in [6, 6.07) is 1.82. The van der Waals surface area contributed by atoms with Crippen molar-refractivity contribution >= 4 is 5.97 Å². The molecule has 106 valence electrons. The van der Waals surface area contributed by atoms with Gasteiger partial charge in [-0.15, -0.1) is 0 Å². The van der Waals surface area contributed by atoms with Crippen molar-refractivity contribution < 1.29 is 40.3 Å². The highest BCUT2D eigenvalue weighted by Crippen LogP contribution is 2.36. The molecule has 0 fully saturated rings. The number of alkyl halides is 5. The van der Waals surface area contributed by atoms with Crippen molar-refractivity contribution in [1.82, 2.24) is 0 Å². The van der Waals surface area contributed by atoms with E-state index in [-0.39, 0.29) is 0 Å². The largest absolute Gasteiger partial charge is 0.465 e. The second-order valence-corrected chi connectivity index (χ2v) is 3.38. The van der Waals surface area contributed by atoms with Crippen molar-refractivity contribution in [2.45, 2.75) is 18.7 Å². The van der Waals surface area contributed by atoms with Crippen LogP contribution < -0.4 is 0 Å². The van der Waals surface area contributed by atoms with Gasteiger partial charge in [-0.05, 0) is 18.2 Å². The van der Waals surface area contributed by atoms with Gasteiger partial charge < -0.3 is 4.74 Å². The molecule has 9 heteroatoms. The van der Waals surface area contributed by atoms with E-state index in [4.69, 9.17) is 0 Å². The van der Waals surface area contributed by atoms with Crippen LogP contribution in [0.25, 0.3) is 0 Å². The van der Waals surface area contributed by atoms with E-state index in [1.54, 1.807) is 0 Å². The molecule has 0 N–H and O–H groups in total. The fourth-order valence-electron chi connectivity index (χ4n) is 1.00. The maximum Gasteiger partial charge on any atom is 0.465 e. The first kappa shape index (κ1) is 15.3. The Kier molecular flexibility index (Phi) is 4.06. The first-order valence-corrected chi connectivity index (χ1v) is 4.61. The first-order chi connectivity index (χ1) is 8.55. The monoisotopic (exact) mass is 290 g/mol. The molecule has 0 saturated carbocycles. The summed E-state index contributed by atoms with van der Waals surface area (Å²) >= 11 is 0. The minimum absolute atomic E-state index is 0.508. The van der Waals surface area contributed by atoms with Crippen molar-refractivity contribution in [2.24, 2.45) is 0 Å². The summed E-state index contributed by atoms with van der Waals surface area (Å²) in [4.78, 5) is 10.6. The quantitative estimate of drug-likeness (QED) is 0.631. The van der Waals surface area contributed by atoms with Crippen LogP contribution >= 0.6 is 0 Å². The summed E-state index contributed by atoms with van der Waals surface area (Å²) in [5.41, 5.74) is -0.661. The number of hydrogen-bond donors (Lipinski definition) is 0. The zero-order valence-electron chi connectivity index (χ0n) is 8.90. The third-order valence-electron chi connectivity index (χ3n) is 1.98. The van der Waals surface area contributed by atoms with Gasteiger partial charge in [0.25, 0.3) is 0 Å². The average Bonchev–Trinajstić information content (AvgIpc) is 2.28. The van der Waals surface area contributed by atoms with E-state index in [1.165, 1.54) is 0 Å². The van der Waals surface area contributed by atoms with Crippen LogP contribution in [0.2, 0.25) is 0 Å². The summed E-state index contributed by atoms with van der Waals surface area (Å²) in [5, 5.41) is 0. The van der Waals surface area contributed by atoms with Crippen molar-refractivity contribution in [3.63, 3.8) is 0 Å². The molecule has 1 rings (SSSR count). The van der Waals surface area contributed by atoms with E-state index in [1.807, 2.05) is 0 Å². The minimum Gasteiger partial charge on any atom is -0.456 e. The van der Waals surface area contributed by atoms with Gasteiger partial charge in [0.05, 0.1) is 0 Å². The molecule has 0 spiro atoms. The zero-order chi connectivity index (χ0) is 14.8. The van der Waals surface area contributed by atoms with Crippen LogP contribution in [0.5, 0.6) is 0 Å². The SMILES string of the molecule is O=C(OCc1cc(F)ccc1F)C(F)(F)C(F)(F)F. The molecule has 0 heterocycles. The molecule has 0 atom stereocenters. The molecule has 2 nitrogen and oxygen atoms in total. The molecule has 1 aromatic carbocycles. The lowest BCUT2D eigenvalue weighted by molar-refractivity contribution is -0.281. The van der Waals surface area contributed by atoms with E-state index in [2.05, 4.69) is 4.74 Å². The molecule has 0 aliphatic rings. The number of rotatable bonds is 3. The van der Waals surface area contributed by atoms with Crippen molar-refractivity contribution in [3.8, 4) is 0 Å². The average molecular weight is 290 g/mol. The summed E-state index contributed by atoms with van der Waals surface area (Å²) in [7, 11) is 0. The Morgan fingerprint density at radius 1 is 1.11 bits per heavy atom. The Bertz CT molecular complexity index is 481. The normalized spacial score (nSPS) is 12.4. The lowest BCUT2D eigenvalue weighted by Gasteiger charge is -2.17. The summed E-state index contributed by atoms with van der Waals surface area (Å²) in [6.45, 7) is -1.24. The van der Waals surface area contributed by atoms with Gasteiger partial charge in [0.15, 0.2) is 0 Å². The lowest BCUT2D eigenvalue weighted by atomic mass is 10.2. The maximum absolute atomic E-state index is 13.0. The second-order valence-electron chi connectivity index (χ2n) is 3.38. The third kappa shape index (κ3) is 3.36. The number of hydrogen-bond acceptors (Lipinski definition) is 2.